The molecule has 18 heavy (non-hydrogen) atoms. The second-order valence-electron chi connectivity index (χ2n) is 3.82. The van der Waals surface area contributed by atoms with Crippen LogP contribution in [0.3, 0.4) is 0 Å². The minimum atomic E-state index is -0.706. The summed E-state index contributed by atoms with van der Waals surface area (Å²) >= 11 is 0. The monoisotopic (exact) mass is 259 g/mol. The molecule has 1 aromatic rings. The number of benzene rings is 1. The Morgan fingerprint density at radius 2 is 1.83 bits per heavy atom. The molecule has 0 radical (unpaired) electrons. The summed E-state index contributed by atoms with van der Waals surface area (Å²) < 4.78 is 37.0. The van der Waals surface area contributed by atoms with Crippen molar-refractivity contribution < 1.29 is 18.3 Å². The fourth-order valence-corrected chi connectivity index (χ4v) is 1.45. The zero-order chi connectivity index (χ0) is 13.4. The van der Waals surface area contributed by atoms with Gasteiger partial charge in [-0.05, 0) is 37.6 Å². The average molecular weight is 259 g/mol. The largest absolute Gasteiger partial charge is 0.461 e. The number of halogens is 2. The van der Waals surface area contributed by atoms with Crippen LogP contribution in [0.15, 0.2) is 12.1 Å². The fourth-order valence-electron chi connectivity index (χ4n) is 1.45. The molecule has 1 N–H and O–H groups in total. The van der Waals surface area contributed by atoms with Gasteiger partial charge in [0.05, 0.1) is 0 Å². The third-order valence-corrected chi connectivity index (χ3v) is 2.30. The zero-order valence-electron chi connectivity index (χ0n) is 10.8. The van der Waals surface area contributed by atoms with Gasteiger partial charge in [-0.2, -0.15) is 0 Å². The Morgan fingerprint density at radius 3 is 2.39 bits per heavy atom. The molecule has 0 atom stereocenters. The Morgan fingerprint density at radius 1 is 1.17 bits per heavy atom. The lowest BCUT2D eigenvalue weighted by molar-refractivity contribution is 0.0176. The van der Waals surface area contributed by atoms with Crippen LogP contribution < -0.4 is 10.1 Å². The molecule has 0 fully saturated rings. The van der Waals surface area contributed by atoms with Crippen molar-refractivity contribution in [2.45, 2.75) is 26.8 Å². The van der Waals surface area contributed by atoms with Gasteiger partial charge < -0.3 is 14.8 Å². The van der Waals surface area contributed by atoms with Gasteiger partial charge in [-0.25, -0.2) is 8.78 Å². The maximum absolute atomic E-state index is 13.6. The van der Waals surface area contributed by atoms with Gasteiger partial charge in [-0.15, -0.1) is 0 Å². The summed E-state index contributed by atoms with van der Waals surface area (Å²) in [4.78, 5) is 0. The molecule has 0 amide bonds. The summed E-state index contributed by atoms with van der Waals surface area (Å²) in [6.45, 7) is 5.33. The van der Waals surface area contributed by atoms with E-state index in [1.165, 1.54) is 12.1 Å². The molecule has 0 aliphatic carbocycles. The van der Waals surface area contributed by atoms with Gasteiger partial charge in [0.2, 0.25) is 0 Å². The molecular formula is C13H19F2NO2. The molecule has 5 heteroatoms. The third-order valence-electron chi connectivity index (χ3n) is 2.30. The van der Waals surface area contributed by atoms with Crippen molar-refractivity contribution in [3.63, 3.8) is 0 Å². The minimum Gasteiger partial charge on any atom is -0.461 e. The van der Waals surface area contributed by atoms with Crippen LogP contribution in [0.4, 0.5) is 8.78 Å². The Kier molecular flexibility index (Phi) is 6.60. The highest BCUT2D eigenvalue weighted by Crippen LogP contribution is 2.23. The predicted octanol–water partition coefficient (Wildman–Crippen LogP) is 2.84. The lowest BCUT2D eigenvalue weighted by Gasteiger charge is -2.10. The van der Waals surface area contributed by atoms with Crippen LogP contribution in [0, 0.1) is 11.6 Å². The van der Waals surface area contributed by atoms with E-state index < -0.39 is 11.6 Å². The van der Waals surface area contributed by atoms with E-state index in [1.54, 1.807) is 6.92 Å². The number of rotatable bonds is 8. The Labute approximate surface area is 106 Å². The van der Waals surface area contributed by atoms with Crippen LogP contribution in [0.25, 0.3) is 0 Å². The van der Waals surface area contributed by atoms with Crippen molar-refractivity contribution in [2.75, 3.05) is 19.9 Å². The third kappa shape index (κ3) is 4.58. The van der Waals surface area contributed by atoms with E-state index in [0.717, 1.165) is 13.0 Å². The van der Waals surface area contributed by atoms with Gasteiger partial charge >= 0.3 is 0 Å². The highest BCUT2D eigenvalue weighted by molar-refractivity contribution is 5.31. The molecule has 0 saturated carbocycles. The van der Waals surface area contributed by atoms with Gasteiger partial charge in [0, 0.05) is 13.2 Å². The number of ether oxygens (including phenoxy) is 2. The standard InChI is InChI=1S/C13H19F2NO2/c1-3-5-16-8-10-6-11(14)13(12(15)7-10)18-9-17-4-2/h6-7,16H,3-5,8-9H2,1-2H3. The molecule has 0 aromatic heterocycles. The lowest BCUT2D eigenvalue weighted by atomic mass is 10.2. The summed E-state index contributed by atoms with van der Waals surface area (Å²) in [6.07, 6.45) is 0.973. The van der Waals surface area contributed by atoms with Gasteiger partial charge in [0.25, 0.3) is 0 Å². The number of hydrogen-bond donors (Lipinski definition) is 1. The first-order valence-electron chi connectivity index (χ1n) is 6.08. The number of hydrogen-bond acceptors (Lipinski definition) is 3. The smallest absolute Gasteiger partial charge is 0.193 e. The van der Waals surface area contributed by atoms with Crippen molar-refractivity contribution in [1.29, 1.82) is 0 Å². The van der Waals surface area contributed by atoms with E-state index in [2.05, 4.69) is 5.32 Å². The quantitative estimate of drug-likeness (QED) is 0.575. The molecule has 0 unspecified atom stereocenters. The molecule has 102 valence electrons. The van der Waals surface area contributed by atoms with Gasteiger partial charge in [0.15, 0.2) is 24.2 Å². The van der Waals surface area contributed by atoms with E-state index in [-0.39, 0.29) is 12.5 Å². The highest BCUT2D eigenvalue weighted by atomic mass is 19.1. The molecule has 0 spiro atoms. The van der Waals surface area contributed by atoms with Crippen LogP contribution in [-0.4, -0.2) is 19.9 Å². The summed E-state index contributed by atoms with van der Waals surface area (Å²) in [6, 6.07) is 2.54. The molecule has 0 heterocycles. The van der Waals surface area contributed by atoms with Gasteiger partial charge in [0.1, 0.15) is 0 Å². The van der Waals surface area contributed by atoms with E-state index >= 15 is 0 Å². The second kappa shape index (κ2) is 8.00. The molecule has 0 saturated heterocycles. The van der Waals surface area contributed by atoms with Crippen molar-refractivity contribution in [3.05, 3.63) is 29.3 Å². The first kappa shape index (κ1) is 14.9. The average Bonchev–Trinajstić information content (AvgIpc) is 2.33. The minimum absolute atomic E-state index is 0.155. The molecule has 1 rings (SSSR count). The first-order valence-corrected chi connectivity index (χ1v) is 6.08. The molecule has 0 aliphatic heterocycles. The molecule has 3 nitrogen and oxygen atoms in total. The van der Waals surface area contributed by atoms with Crippen molar-refractivity contribution >= 4 is 0 Å². The Bertz CT molecular complexity index is 349. The highest BCUT2D eigenvalue weighted by Gasteiger charge is 2.12. The first-order chi connectivity index (χ1) is 8.69. The summed E-state index contributed by atoms with van der Waals surface area (Å²) in [7, 11) is 0. The van der Waals surface area contributed by atoms with Crippen molar-refractivity contribution in [2.24, 2.45) is 0 Å². The normalized spacial score (nSPS) is 10.7. The second-order valence-corrected chi connectivity index (χ2v) is 3.82. The fraction of sp³-hybridized carbons (Fsp3) is 0.538. The predicted molar refractivity (Wildman–Crippen MR) is 65.5 cm³/mol. The molecular weight excluding hydrogens is 240 g/mol. The van der Waals surface area contributed by atoms with E-state index in [1.807, 2.05) is 6.92 Å². The maximum atomic E-state index is 13.6. The van der Waals surface area contributed by atoms with Gasteiger partial charge in [-0.1, -0.05) is 6.92 Å². The van der Waals surface area contributed by atoms with Crippen LogP contribution in [0.5, 0.6) is 5.75 Å². The van der Waals surface area contributed by atoms with E-state index in [9.17, 15) is 8.78 Å². The van der Waals surface area contributed by atoms with E-state index in [0.29, 0.717) is 18.7 Å². The molecule has 0 aliphatic rings. The molecule has 0 bridgehead atoms. The van der Waals surface area contributed by atoms with Crippen LogP contribution in [0.2, 0.25) is 0 Å². The van der Waals surface area contributed by atoms with Crippen LogP contribution >= 0.6 is 0 Å². The lowest BCUT2D eigenvalue weighted by Crippen LogP contribution is -2.14. The summed E-state index contributed by atoms with van der Waals surface area (Å²) in [5.41, 5.74) is 0.558. The molecule has 1 aromatic carbocycles. The summed E-state index contributed by atoms with van der Waals surface area (Å²) in [5, 5.41) is 3.08. The van der Waals surface area contributed by atoms with Crippen molar-refractivity contribution in [3.8, 4) is 5.75 Å². The van der Waals surface area contributed by atoms with Crippen LogP contribution in [-0.2, 0) is 11.3 Å². The Hall–Kier alpha value is -1.20. The maximum Gasteiger partial charge on any atom is 0.193 e. The van der Waals surface area contributed by atoms with E-state index in [4.69, 9.17) is 9.47 Å². The SMILES string of the molecule is CCCNCc1cc(F)c(OCOCC)c(F)c1. The topological polar surface area (TPSA) is 30.5 Å². The Balaban J connectivity index is 2.65. The zero-order valence-corrected chi connectivity index (χ0v) is 10.8. The van der Waals surface area contributed by atoms with Crippen LogP contribution in [0.1, 0.15) is 25.8 Å². The summed E-state index contributed by atoms with van der Waals surface area (Å²) in [5.74, 6) is -1.80. The van der Waals surface area contributed by atoms with Gasteiger partial charge in [-0.3, -0.25) is 0 Å². The number of nitrogens with one attached hydrogen (secondary N) is 1. The van der Waals surface area contributed by atoms with Crippen molar-refractivity contribution in [1.82, 2.24) is 5.32 Å².